The summed E-state index contributed by atoms with van der Waals surface area (Å²) in [6.45, 7) is 5.74. The predicted octanol–water partition coefficient (Wildman–Crippen LogP) is 1.12. The molecular weight excluding hydrogens is 238 g/mol. The van der Waals surface area contributed by atoms with E-state index < -0.39 is 0 Å². The highest BCUT2D eigenvalue weighted by molar-refractivity contribution is 5.77. The third-order valence-electron chi connectivity index (χ3n) is 5.29. The topological polar surface area (TPSA) is 44.4 Å². The van der Waals surface area contributed by atoms with Crippen LogP contribution in [0.4, 0.5) is 0 Å². The van der Waals surface area contributed by atoms with Crippen LogP contribution in [0.25, 0.3) is 0 Å². The maximum atomic E-state index is 12.2. The Morgan fingerprint density at radius 2 is 2.16 bits per heavy atom. The van der Waals surface area contributed by atoms with Gasteiger partial charge in [-0.3, -0.25) is 9.69 Å². The molecule has 0 spiro atoms. The number of amides is 1. The molecule has 0 bridgehead atoms. The molecule has 4 unspecified atom stereocenters. The maximum absolute atomic E-state index is 12.2. The van der Waals surface area contributed by atoms with E-state index in [9.17, 15) is 4.79 Å². The molecule has 3 fully saturated rings. The maximum Gasteiger partial charge on any atom is 0.221 e. The van der Waals surface area contributed by atoms with Crippen molar-refractivity contribution in [1.29, 1.82) is 0 Å². The second-order valence-electron chi connectivity index (χ2n) is 6.59. The second kappa shape index (κ2) is 5.80. The first-order valence-corrected chi connectivity index (χ1v) is 8.01. The molecule has 2 N–H and O–H groups in total. The minimum atomic E-state index is 0.255. The summed E-state index contributed by atoms with van der Waals surface area (Å²) < 4.78 is 0. The van der Waals surface area contributed by atoms with Crippen LogP contribution in [0.3, 0.4) is 0 Å². The van der Waals surface area contributed by atoms with Crippen molar-refractivity contribution in [3.8, 4) is 0 Å². The van der Waals surface area contributed by atoms with Gasteiger partial charge in [-0.2, -0.15) is 0 Å². The van der Waals surface area contributed by atoms with Gasteiger partial charge in [0.1, 0.15) is 0 Å². The first-order valence-electron chi connectivity index (χ1n) is 8.01. The summed E-state index contributed by atoms with van der Waals surface area (Å²) in [4.78, 5) is 14.8. The number of piperidine rings is 1. The lowest BCUT2D eigenvalue weighted by Crippen LogP contribution is -2.47. The molecule has 3 rings (SSSR count). The zero-order valence-corrected chi connectivity index (χ0v) is 12.0. The van der Waals surface area contributed by atoms with Crippen LogP contribution < -0.4 is 10.6 Å². The predicted molar refractivity (Wildman–Crippen MR) is 75.9 cm³/mol. The molecule has 3 saturated heterocycles. The molecule has 4 heteroatoms. The van der Waals surface area contributed by atoms with Crippen molar-refractivity contribution in [3.05, 3.63) is 0 Å². The number of rotatable bonds is 3. The van der Waals surface area contributed by atoms with E-state index in [1.165, 1.54) is 38.8 Å². The SMILES string of the molecule is CC1CCCNC1CC(=O)NC1CCN2CCCC12. The van der Waals surface area contributed by atoms with Crippen molar-refractivity contribution in [1.82, 2.24) is 15.5 Å². The van der Waals surface area contributed by atoms with E-state index in [1.54, 1.807) is 0 Å². The molecule has 0 aromatic rings. The van der Waals surface area contributed by atoms with E-state index in [4.69, 9.17) is 0 Å². The van der Waals surface area contributed by atoms with Crippen LogP contribution >= 0.6 is 0 Å². The minimum Gasteiger partial charge on any atom is -0.352 e. The summed E-state index contributed by atoms with van der Waals surface area (Å²) in [7, 11) is 0. The fourth-order valence-corrected chi connectivity index (χ4v) is 4.10. The smallest absolute Gasteiger partial charge is 0.221 e. The Labute approximate surface area is 116 Å². The number of carbonyl (C=O) groups excluding carboxylic acids is 1. The number of nitrogens with one attached hydrogen (secondary N) is 2. The molecule has 3 aliphatic heterocycles. The van der Waals surface area contributed by atoms with Gasteiger partial charge in [-0.15, -0.1) is 0 Å². The Hall–Kier alpha value is -0.610. The van der Waals surface area contributed by atoms with Crippen LogP contribution in [-0.2, 0) is 4.79 Å². The Kier molecular flexibility index (Phi) is 4.08. The van der Waals surface area contributed by atoms with Crippen molar-refractivity contribution in [2.45, 2.75) is 63.6 Å². The van der Waals surface area contributed by atoms with Crippen molar-refractivity contribution in [2.24, 2.45) is 5.92 Å². The van der Waals surface area contributed by atoms with Gasteiger partial charge in [-0.25, -0.2) is 0 Å². The molecule has 108 valence electrons. The van der Waals surface area contributed by atoms with Gasteiger partial charge >= 0.3 is 0 Å². The molecular formula is C15H27N3O. The van der Waals surface area contributed by atoms with E-state index >= 15 is 0 Å². The van der Waals surface area contributed by atoms with Crippen LogP contribution in [-0.4, -0.2) is 48.6 Å². The lowest BCUT2D eigenvalue weighted by atomic mass is 9.90. The number of fused-ring (bicyclic) bond motifs is 1. The fraction of sp³-hybridized carbons (Fsp3) is 0.933. The summed E-state index contributed by atoms with van der Waals surface area (Å²) in [6.07, 6.45) is 6.87. The highest BCUT2D eigenvalue weighted by atomic mass is 16.1. The minimum absolute atomic E-state index is 0.255. The van der Waals surface area contributed by atoms with Gasteiger partial charge in [-0.1, -0.05) is 6.92 Å². The number of nitrogens with zero attached hydrogens (tertiary/aromatic N) is 1. The van der Waals surface area contributed by atoms with Crippen LogP contribution in [0.2, 0.25) is 0 Å². The third kappa shape index (κ3) is 2.95. The third-order valence-corrected chi connectivity index (χ3v) is 5.29. The Morgan fingerprint density at radius 1 is 1.26 bits per heavy atom. The standard InChI is InChI=1S/C15H27N3O/c1-11-4-2-7-16-13(11)10-15(19)17-12-6-9-18-8-3-5-14(12)18/h11-14,16H,2-10H2,1H3,(H,17,19). The Morgan fingerprint density at radius 3 is 3.00 bits per heavy atom. The van der Waals surface area contributed by atoms with Gasteiger partial charge in [0.05, 0.1) is 0 Å². The van der Waals surface area contributed by atoms with Gasteiger partial charge in [0.25, 0.3) is 0 Å². The average molecular weight is 265 g/mol. The number of hydrogen-bond acceptors (Lipinski definition) is 3. The van der Waals surface area contributed by atoms with Crippen molar-refractivity contribution in [3.63, 3.8) is 0 Å². The van der Waals surface area contributed by atoms with Crippen molar-refractivity contribution >= 4 is 5.91 Å². The highest BCUT2D eigenvalue weighted by Gasteiger charge is 2.38. The van der Waals surface area contributed by atoms with Crippen molar-refractivity contribution < 1.29 is 4.79 Å². The Bertz CT molecular complexity index is 333. The molecule has 0 aliphatic carbocycles. The average Bonchev–Trinajstić information content (AvgIpc) is 2.97. The molecule has 0 aromatic carbocycles. The summed E-state index contributed by atoms with van der Waals surface area (Å²) >= 11 is 0. The van der Waals surface area contributed by atoms with Gasteiger partial charge < -0.3 is 10.6 Å². The van der Waals surface area contributed by atoms with Gasteiger partial charge in [-0.05, 0) is 51.1 Å². The first kappa shape index (κ1) is 13.4. The molecule has 1 amide bonds. The molecule has 3 aliphatic rings. The van der Waals surface area contributed by atoms with Gasteiger partial charge in [0.2, 0.25) is 5.91 Å². The second-order valence-corrected chi connectivity index (χ2v) is 6.59. The van der Waals surface area contributed by atoms with Crippen LogP contribution in [0.1, 0.15) is 45.4 Å². The molecule has 4 atom stereocenters. The quantitative estimate of drug-likeness (QED) is 0.804. The highest BCUT2D eigenvalue weighted by Crippen LogP contribution is 2.28. The molecule has 0 radical (unpaired) electrons. The first-order chi connectivity index (χ1) is 9.24. The van der Waals surface area contributed by atoms with E-state index in [0.29, 0.717) is 30.5 Å². The summed E-state index contributed by atoms with van der Waals surface area (Å²) in [5.41, 5.74) is 0. The van der Waals surface area contributed by atoms with Crippen molar-refractivity contribution in [2.75, 3.05) is 19.6 Å². The largest absolute Gasteiger partial charge is 0.352 e. The molecule has 0 saturated carbocycles. The lowest BCUT2D eigenvalue weighted by molar-refractivity contribution is -0.122. The van der Waals surface area contributed by atoms with E-state index in [2.05, 4.69) is 22.5 Å². The molecule has 4 nitrogen and oxygen atoms in total. The zero-order chi connectivity index (χ0) is 13.2. The Balaban J connectivity index is 1.48. The van der Waals surface area contributed by atoms with Gasteiger partial charge in [0, 0.05) is 31.1 Å². The molecule has 0 aromatic heterocycles. The summed E-state index contributed by atoms with van der Waals surface area (Å²) in [6, 6.07) is 1.42. The van der Waals surface area contributed by atoms with E-state index in [0.717, 1.165) is 13.0 Å². The van der Waals surface area contributed by atoms with Crippen LogP contribution in [0.5, 0.6) is 0 Å². The van der Waals surface area contributed by atoms with E-state index in [1.807, 2.05) is 0 Å². The number of hydrogen-bond donors (Lipinski definition) is 2. The van der Waals surface area contributed by atoms with Crippen LogP contribution in [0, 0.1) is 5.92 Å². The molecule has 3 heterocycles. The molecule has 19 heavy (non-hydrogen) atoms. The monoisotopic (exact) mass is 265 g/mol. The summed E-state index contributed by atoms with van der Waals surface area (Å²) in [5.74, 6) is 0.885. The number of carbonyl (C=O) groups is 1. The fourth-order valence-electron chi connectivity index (χ4n) is 4.10. The van der Waals surface area contributed by atoms with E-state index in [-0.39, 0.29) is 5.91 Å². The zero-order valence-electron chi connectivity index (χ0n) is 12.0. The normalized spacial score (nSPS) is 39.2. The van der Waals surface area contributed by atoms with Crippen LogP contribution in [0.15, 0.2) is 0 Å². The van der Waals surface area contributed by atoms with Gasteiger partial charge in [0.15, 0.2) is 0 Å². The lowest BCUT2D eigenvalue weighted by Gasteiger charge is -2.30. The summed E-state index contributed by atoms with van der Waals surface area (Å²) in [5, 5.41) is 6.80.